The first-order valence-corrected chi connectivity index (χ1v) is 6.69. The maximum atomic E-state index is 12.6. The molecule has 108 valence electrons. The number of aromatic nitrogens is 2. The van der Waals surface area contributed by atoms with Gasteiger partial charge in [0.05, 0.1) is 12.2 Å². The van der Waals surface area contributed by atoms with Crippen molar-refractivity contribution < 1.29 is 14.7 Å². The van der Waals surface area contributed by atoms with Crippen LogP contribution in [0.5, 0.6) is 0 Å². The molecule has 1 N–H and O–H groups in total. The molecule has 0 radical (unpaired) electrons. The van der Waals surface area contributed by atoms with Crippen LogP contribution in [0.1, 0.15) is 28.4 Å². The molecule has 2 heterocycles. The number of aryl methyl sites for hydroxylation is 1. The summed E-state index contributed by atoms with van der Waals surface area (Å²) in [6.07, 6.45) is 3.64. The van der Waals surface area contributed by atoms with Crippen molar-refractivity contribution in [3.8, 4) is 0 Å². The lowest BCUT2D eigenvalue weighted by Crippen LogP contribution is -2.38. The van der Waals surface area contributed by atoms with Crippen LogP contribution in [-0.4, -0.2) is 33.1 Å². The number of rotatable bonds is 2. The van der Waals surface area contributed by atoms with Crippen LogP contribution < -0.4 is 4.90 Å². The van der Waals surface area contributed by atoms with Crippen molar-refractivity contribution in [2.45, 2.75) is 12.3 Å². The van der Waals surface area contributed by atoms with Crippen LogP contribution in [0.4, 0.5) is 5.69 Å². The summed E-state index contributed by atoms with van der Waals surface area (Å²) >= 11 is 0. The van der Waals surface area contributed by atoms with Crippen molar-refractivity contribution in [2.24, 2.45) is 7.05 Å². The number of hydrogen-bond donors (Lipinski definition) is 1. The van der Waals surface area contributed by atoms with Crippen LogP contribution in [-0.2, 0) is 11.8 Å². The Balaban J connectivity index is 2.00. The zero-order valence-corrected chi connectivity index (χ0v) is 11.6. The fourth-order valence-corrected chi connectivity index (χ4v) is 2.69. The normalized spacial score (nSPS) is 17.4. The van der Waals surface area contributed by atoms with Crippen LogP contribution in [0.3, 0.4) is 0 Å². The van der Waals surface area contributed by atoms with Gasteiger partial charge in [-0.15, -0.1) is 0 Å². The monoisotopic (exact) mass is 285 g/mol. The van der Waals surface area contributed by atoms with Crippen LogP contribution >= 0.6 is 0 Å². The molecule has 1 aliphatic rings. The minimum absolute atomic E-state index is 0.202. The lowest BCUT2D eigenvalue weighted by molar-refractivity contribution is -0.139. The molecule has 3 rings (SSSR count). The van der Waals surface area contributed by atoms with Crippen LogP contribution in [0.15, 0.2) is 36.8 Å². The summed E-state index contributed by atoms with van der Waals surface area (Å²) in [5, 5.41) is 9.31. The van der Waals surface area contributed by atoms with Gasteiger partial charge in [-0.05, 0) is 18.1 Å². The second kappa shape index (κ2) is 5.05. The summed E-state index contributed by atoms with van der Waals surface area (Å²) in [6.45, 7) is 0.378. The molecule has 0 bridgehead atoms. The van der Waals surface area contributed by atoms with Crippen molar-refractivity contribution in [1.29, 1.82) is 0 Å². The lowest BCUT2D eigenvalue weighted by Gasteiger charge is -2.32. The molecule has 6 heteroatoms. The summed E-state index contributed by atoms with van der Waals surface area (Å²) in [5.41, 5.74) is 1.70. The summed E-state index contributed by atoms with van der Waals surface area (Å²) in [4.78, 5) is 29.6. The Hall–Kier alpha value is -2.63. The Morgan fingerprint density at radius 3 is 2.76 bits per heavy atom. The van der Waals surface area contributed by atoms with Crippen molar-refractivity contribution in [1.82, 2.24) is 9.55 Å². The second-order valence-corrected chi connectivity index (χ2v) is 5.12. The van der Waals surface area contributed by atoms with Gasteiger partial charge >= 0.3 is 5.97 Å². The van der Waals surface area contributed by atoms with E-state index in [2.05, 4.69) is 4.98 Å². The quantitative estimate of drug-likeness (QED) is 0.910. The minimum Gasteiger partial charge on any atom is -0.481 e. The molecule has 21 heavy (non-hydrogen) atoms. The zero-order valence-electron chi connectivity index (χ0n) is 11.6. The molecule has 1 aromatic heterocycles. The fraction of sp³-hybridized carbons (Fsp3) is 0.267. The number of aliphatic carboxylic acids is 1. The average Bonchev–Trinajstić information content (AvgIpc) is 2.91. The van der Waals surface area contributed by atoms with Gasteiger partial charge in [-0.3, -0.25) is 9.59 Å². The Morgan fingerprint density at radius 1 is 1.33 bits per heavy atom. The Morgan fingerprint density at radius 2 is 2.10 bits per heavy atom. The van der Waals surface area contributed by atoms with E-state index in [0.29, 0.717) is 29.9 Å². The largest absolute Gasteiger partial charge is 0.481 e. The SMILES string of the molecule is Cn1cnc(C(=O)N2CCC(C(=O)O)c3ccccc32)c1. The third-order valence-corrected chi connectivity index (χ3v) is 3.71. The maximum absolute atomic E-state index is 12.6. The molecule has 1 aliphatic heterocycles. The first-order chi connectivity index (χ1) is 10.1. The number of carboxylic acids is 1. The number of para-hydroxylation sites is 1. The summed E-state index contributed by atoms with van der Waals surface area (Å²) < 4.78 is 1.71. The van der Waals surface area contributed by atoms with E-state index in [1.54, 1.807) is 47.2 Å². The Labute approximate surface area is 121 Å². The van der Waals surface area contributed by atoms with Crippen LogP contribution in [0, 0.1) is 0 Å². The molecule has 0 aliphatic carbocycles. The molecular weight excluding hydrogens is 270 g/mol. The van der Waals surface area contributed by atoms with E-state index in [1.807, 2.05) is 6.07 Å². The minimum atomic E-state index is -0.854. The third-order valence-electron chi connectivity index (χ3n) is 3.71. The van der Waals surface area contributed by atoms with E-state index in [-0.39, 0.29) is 5.91 Å². The number of hydrogen-bond acceptors (Lipinski definition) is 3. The number of carbonyl (C=O) groups is 2. The number of carbonyl (C=O) groups excluding carboxylic acids is 1. The maximum Gasteiger partial charge on any atom is 0.311 e. The van der Waals surface area contributed by atoms with Crippen molar-refractivity contribution in [3.05, 3.63) is 48.0 Å². The molecule has 0 spiro atoms. The van der Waals surface area contributed by atoms with Crippen molar-refractivity contribution in [3.63, 3.8) is 0 Å². The van der Waals surface area contributed by atoms with Gasteiger partial charge in [-0.25, -0.2) is 4.98 Å². The highest BCUT2D eigenvalue weighted by atomic mass is 16.4. The highest BCUT2D eigenvalue weighted by molar-refractivity contribution is 6.06. The number of anilines is 1. The average molecular weight is 285 g/mol. The van der Waals surface area contributed by atoms with Gasteiger partial charge in [0.15, 0.2) is 0 Å². The van der Waals surface area contributed by atoms with Crippen molar-refractivity contribution >= 4 is 17.6 Å². The number of imidazole rings is 1. The number of benzene rings is 1. The zero-order chi connectivity index (χ0) is 15.0. The standard InChI is InChI=1S/C15H15N3O3/c1-17-8-12(16-9-17)14(19)18-7-6-11(15(20)21)10-4-2-3-5-13(10)18/h2-5,8-9,11H,6-7H2,1H3,(H,20,21). The molecule has 0 saturated heterocycles. The van der Waals surface area contributed by atoms with Crippen LogP contribution in [0.25, 0.3) is 0 Å². The van der Waals surface area contributed by atoms with Gasteiger partial charge in [0.25, 0.3) is 5.91 Å². The van der Waals surface area contributed by atoms with Gasteiger partial charge in [0.1, 0.15) is 5.69 Å². The molecule has 6 nitrogen and oxygen atoms in total. The van der Waals surface area contributed by atoms with E-state index in [0.717, 1.165) is 0 Å². The van der Waals surface area contributed by atoms with E-state index < -0.39 is 11.9 Å². The number of nitrogens with zero attached hydrogens (tertiary/aromatic N) is 3. The molecule has 1 amide bonds. The number of fused-ring (bicyclic) bond motifs is 1. The molecule has 2 aromatic rings. The summed E-state index contributed by atoms with van der Waals surface area (Å²) in [7, 11) is 1.80. The van der Waals surface area contributed by atoms with Gasteiger partial charge in [-0.1, -0.05) is 18.2 Å². The predicted octanol–water partition coefficient (Wildman–Crippen LogP) is 1.64. The topological polar surface area (TPSA) is 75.4 Å². The lowest BCUT2D eigenvalue weighted by atomic mass is 9.90. The number of amides is 1. The van der Waals surface area contributed by atoms with E-state index >= 15 is 0 Å². The van der Waals surface area contributed by atoms with E-state index in [4.69, 9.17) is 0 Å². The summed E-state index contributed by atoms with van der Waals surface area (Å²) in [5.74, 6) is -1.62. The van der Waals surface area contributed by atoms with Gasteiger partial charge in [0.2, 0.25) is 0 Å². The Kier molecular flexibility index (Phi) is 3.21. The molecule has 1 aromatic carbocycles. The summed E-state index contributed by atoms with van der Waals surface area (Å²) in [6, 6.07) is 7.16. The first kappa shape index (κ1) is 13.4. The van der Waals surface area contributed by atoms with Gasteiger partial charge < -0.3 is 14.6 Å². The highest BCUT2D eigenvalue weighted by Crippen LogP contribution is 2.35. The van der Waals surface area contributed by atoms with E-state index in [9.17, 15) is 14.7 Å². The van der Waals surface area contributed by atoms with Crippen molar-refractivity contribution in [2.75, 3.05) is 11.4 Å². The molecule has 1 unspecified atom stereocenters. The third kappa shape index (κ3) is 2.29. The predicted molar refractivity (Wildman–Crippen MR) is 76.3 cm³/mol. The highest BCUT2D eigenvalue weighted by Gasteiger charge is 2.33. The first-order valence-electron chi connectivity index (χ1n) is 6.69. The molecule has 0 saturated carbocycles. The number of carboxylic acid groups (broad SMARTS) is 1. The molecular formula is C15H15N3O3. The second-order valence-electron chi connectivity index (χ2n) is 5.12. The fourth-order valence-electron chi connectivity index (χ4n) is 2.69. The smallest absolute Gasteiger partial charge is 0.311 e. The Bertz CT molecular complexity index is 708. The van der Waals surface area contributed by atoms with E-state index in [1.165, 1.54) is 0 Å². The molecule has 0 fully saturated rings. The van der Waals surface area contributed by atoms with Gasteiger partial charge in [-0.2, -0.15) is 0 Å². The van der Waals surface area contributed by atoms with Gasteiger partial charge in [0, 0.05) is 25.5 Å². The molecule has 1 atom stereocenters. The van der Waals surface area contributed by atoms with Crippen LogP contribution in [0.2, 0.25) is 0 Å².